The zero-order chi connectivity index (χ0) is 27.8. The van der Waals surface area contributed by atoms with Gasteiger partial charge in [0.1, 0.15) is 11.6 Å². The molecule has 1 aromatic carbocycles. The average Bonchev–Trinajstić information content (AvgIpc) is 2.85. The highest BCUT2D eigenvalue weighted by Gasteiger charge is 2.38. The highest BCUT2D eigenvalue weighted by atomic mass is 16.7. The second kappa shape index (κ2) is 16.4. The van der Waals surface area contributed by atoms with E-state index in [1.165, 1.54) is 19.2 Å². The van der Waals surface area contributed by atoms with Crippen molar-refractivity contribution in [2.24, 2.45) is 5.73 Å². The summed E-state index contributed by atoms with van der Waals surface area (Å²) in [6.07, 6.45) is 0.451. The van der Waals surface area contributed by atoms with E-state index in [9.17, 15) is 19.2 Å². The molecule has 1 aromatic rings. The molecule has 0 saturated carbocycles. The summed E-state index contributed by atoms with van der Waals surface area (Å²) in [6, 6.07) is 4.35. The van der Waals surface area contributed by atoms with Gasteiger partial charge in [-0.1, -0.05) is 39.7 Å². The molecule has 0 amide bonds. The van der Waals surface area contributed by atoms with E-state index in [4.69, 9.17) is 34.2 Å². The molecule has 0 aliphatic rings. The van der Waals surface area contributed by atoms with Crippen LogP contribution in [-0.2, 0) is 35.0 Å². The average molecular weight is 526 g/mol. The van der Waals surface area contributed by atoms with Crippen LogP contribution in [0.1, 0.15) is 71.8 Å². The molecule has 1 rings (SSSR count). The Labute approximate surface area is 217 Å². The van der Waals surface area contributed by atoms with E-state index in [-0.39, 0.29) is 44.0 Å². The summed E-state index contributed by atoms with van der Waals surface area (Å²) in [5.74, 6) is -1.34. The fourth-order valence-corrected chi connectivity index (χ4v) is 3.32. The largest absolute Gasteiger partial charge is 0.513 e. The maximum Gasteiger partial charge on any atom is 0.513 e. The molecule has 2 N–H and O–H groups in total. The Morgan fingerprint density at radius 1 is 0.919 bits per heavy atom. The van der Waals surface area contributed by atoms with Gasteiger partial charge in [-0.25, -0.2) is 9.59 Å². The number of unbranched alkanes of at least 4 members (excludes halogenated alkanes) is 2. The van der Waals surface area contributed by atoms with Gasteiger partial charge in [-0.3, -0.25) is 9.59 Å². The summed E-state index contributed by atoms with van der Waals surface area (Å²) in [5, 5.41) is 0. The van der Waals surface area contributed by atoms with Crippen LogP contribution in [0, 0.1) is 0 Å². The lowest BCUT2D eigenvalue weighted by Crippen LogP contribution is -2.53. The molecule has 1 unspecified atom stereocenters. The number of methoxy groups -OCH3 is 1. The Morgan fingerprint density at radius 2 is 1.49 bits per heavy atom. The van der Waals surface area contributed by atoms with Gasteiger partial charge in [0, 0.05) is 19.3 Å². The maximum atomic E-state index is 12.6. The number of hydrogen-bond acceptors (Lipinski definition) is 11. The molecule has 0 bridgehead atoms. The lowest BCUT2D eigenvalue weighted by atomic mass is 9.86. The first kappa shape index (κ1) is 31.7. The van der Waals surface area contributed by atoms with E-state index < -0.39 is 35.9 Å². The SMILES string of the molecule is CCCCOC(=O)Oc1ccc(C[C@](N)(CC(C)OC(=O)CC)C(=O)OC)cc1OC(=O)OCCCC. The summed E-state index contributed by atoms with van der Waals surface area (Å²) in [7, 11) is 1.20. The highest BCUT2D eigenvalue weighted by Crippen LogP contribution is 2.31. The van der Waals surface area contributed by atoms with E-state index in [1.807, 2.05) is 13.8 Å². The summed E-state index contributed by atoms with van der Waals surface area (Å²) >= 11 is 0. The van der Waals surface area contributed by atoms with Crippen LogP contribution in [0.25, 0.3) is 0 Å². The van der Waals surface area contributed by atoms with Crippen LogP contribution in [0.2, 0.25) is 0 Å². The molecular weight excluding hydrogens is 486 g/mol. The molecule has 0 aliphatic heterocycles. The summed E-state index contributed by atoms with van der Waals surface area (Å²) in [4.78, 5) is 48.5. The molecule has 0 aliphatic carbocycles. The molecule has 0 saturated heterocycles. The maximum absolute atomic E-state index is 12.6. The van der Waals surface area contributed by atoms with Crippen molar-refractivity contribution in [3.05, 3.63) is 23.8 Å². The predicted molar refractivity (Wildman–Crippen MR) is 133 cm³/mol. The van der Waals surface area contributed by atoms with Gasteiger partial charge in [0.15, 0.2) is 11.5 Å². The molecule has 0 radical (unpaired) electrons. The molecule has 208 valence electrons. The fraction of sp³-hybridized carbons (Fsp3) is 0.615. The Hall–Kier alpha value is -3.34. The summed E-state index contributed by atoms with van der Waals surface area (Å²) < 4.78 is 30.7. The van der Waals surface area contributed by atoms with Crippen LogP contribution in [0.15, 0.2) is 18.2 Å². The number of esters is 2. The lowest BCUT2D eigenvalue weighted by molar-refractivity contribution is -0.154. The number of nitrogens with two attached hydrogens (primary N) is 1. The molecular formula is C26H39NO10. The van der Waals surface area contributed by atoms with Gasteiger partial charge in [0.2, 0.25) is 0 Å². The van der Waals surface area contributed by atoms with Gasteiger partial charge in [0.25, 0.3) is 0 Å². The molecule has 0 spiro atoms. The van der Waals surface area contributed by atoms with E-state index in [0.717, 1.165) is 12.8 Å². The molecule has 37 heavy (non-hydrogen) atoms. The third kappa shape index (κ3) is 11.5. The Kier molecular flexibility index (Phi) is 14.1. The van der Waals surface area contributed by atoms with Crippen LogP contribution in [0.5, 0.6) is 11.5 Å². The first-order valence-electron chi connectivity index (χ1n) is 12.5. The second-order valence-electron chi connectivity index (χ2n) is 8.57. The number of rotatable bonds is 15. The van der Waals surface area contributed by atoms with E-state index >= 15 is 0 Å². The number of carbonyl (C=O) groups excluding carboxylic acids is 4. The molecule has 11 heteroatoms. The van der Waals surface area contributed by atoms with Crippen molar-refractivity contribution in [2.75, 3.05) is 20.3 Å². The predicted octanol–water partition coefficient (Wildman–Crippen LogP) is 4.46. The van der Waals surface area contributed by atoms with Gasteiger partial charge in [0.05, 0.1) is 20.3 Å². The third-order valence-corrected chi connectivity index (χ3v) is 5.21. The first-order valence-corrected chi connectivity index (χ1v) is 12.5. The molecule has 0 heterocycles. The van der Waals surface area contributed by atoms with Crippen LogP contribution in [0.4, 0.5) is 9.59 Å². The van der Waals surface area contributed by atoms with E-state index in [2.05, 4.69) is 0 Å². The van der Waals surface area contributed by atoms with Crippen molar-refractivity contribution in [3.8, 4) is 11.5 Å². The first-order chi connectivity index (χ1) is 17.6. The minimum absolute atomic E-state index is 0.0251. The molecule has 11 nitrogen and oxygen atoms in total. The molecule has 0 fully saturated rings. The van der Waals surface area contributed by atoms with Crippen LogP contribution < -0.4 is 15.2 Å². The minimum Gasteiger partial charge on any atom is -0.468 e. The van der Waals surface area contributed by atoms with Crippen LogP contribution in [-0.4, -0.2) is 56.2 Å². The summed E-state index contributed by atoms with van der Waals surface area (Å²) in [6.45, 7) is 7.51. The van der Waals surface area contributed by atoms with Gasteiger partial charge in [-0.2, -0.15) is 0 Å². The molecule has 2 atom stereocenters. The van der Waals surface area contributed by atoms with Crippen molar-refractivity contribution in [1.82, 2.24) is 0 Å². The minimum atomic E-state index is -1.57. The van der Waals surface area contributed by atoms with Crippen LogP contribution in [0.3, 0.4) is 0 Å². The monoisotopic (exact) mass is 525 g/mol. The van der Waals surface area contributed by atoms with Gasteiger partial charge in [-0.15, -0.1) is 0 Å². The van der Waals surface area contributed by atoms with Gasteiger partial charge >= 0.3 is 24.2 Å². The number of carbonyl (C=O) groups is 4. The van der Waals surface area contributed by atoms with Crippen LogP contribution >= 0.6 is 0 Å². The Balaban J connectivity index is 3.19. The highest BCUT2D eigenvalue weighted by molar-refractivity contribution is 5.81. The fourth-order valence-electron chi connectivity index (χ4n) is 3.32. The standard InChI is InChI=1S/C26H39NO10/c1-6-9-13-33-24(30)36-20-12-11-19(15-21(20)37-25(31)34-14-10-7-2)17-26(27,23(29)32-5)16-18(4)35-22(28)8-3/h11-12,15,18H,6-10,13-14,16-17,27H2,1-5H3/t18?,26-/m1/s1. The quantitative estimate of drug-likeness (QED) is 0.150. The molecule has 0 aromatic heterocycles. The number of ether oxygens (including phenoxy) is 6. The zero-order valence-corrected chi connectivity index (χ0v) is 22.3. The number of benzene rings is 1. The normalized spacial score (nSPS) is 13.0. The van der Waals surface area contributed by atoms with Crippen molar-refractivity contribution in [3.63, 3.8) is 0 Å². The van der Waals surface area contributed by atoms with E-state index in [1.54, 1.807) is 19.9 Å². The van der Waals surface area contributed by atoms with Gasteiger partial charge in [-0.05, 0) is 37.5 Å². The van der Waals surface area contributed by atoms with Crippen molar-refractivity contribution >= 4 is 24.2 Å². The second-order valence-corrected chi connectivity index (χ2v) is 8.57. The summed E-state index contributed by atoms with van der Waals surface area (Å²) in [5.41, 5.74) is 5.31. The van der Waals surface area contributed by atoms with Crippen molar-refractivity contribution < 1.29 is 47.6 Å². The van der Waals surface area contributed by atoms with E-state index in [0.29, 0.717) is 18.4 Å². The Bertz CT molecular complexity index is 903. The topological polar surface area (TPSA) is 150 Å². The van der Waals surface area contributed by atoms with Crippen molar-refractivity contribution in [2.45, 2.75) is 84.3 Å². The zero-order valence-electron chi connectivity index (χ0n) is 22.3. The van der Waals surface area contributed by atoms with Gasteiger partial charge < -0.3 is 34.2 Å². The third-order valence-electron chi connectivity index (χ3n) is 5.21. The lowest BCUT2D eigenvalue weighted by Gasteiger charge is -2.29. The smallest absolute Gasteiger partial charge is 0.468 e. The Morgan fingerprint density at radius 3 is 2.00 bits per heavy atom. The van der Waals surface area contributed by atoms with Crippen molar-refractivity contribution in [1.29, 1.82) is 0 Å². The number of hydrogen-bond donors (Lipinski definition) is 1.